The van der Waals surface area contributed by atoms with Gasteiger partial charge in [-0.15, -0.1) is 11.8 Å². The molecule has 0 unspecified atom stereocenters. The number of carbonyl (C=O) groups excluding carboxylic acids is 3. The number of ether oxygens (including phenoxy) is 2. The highest BCUT2D eigenvalue weighted by Gasteiger charge is 2.32. The monoisotopic (exact) mass is 696 g/mol. The van der Waals surface area contributed by atoms with E-state index >= 15 is 0 Å². The van der Waals surface area contributed by atoms with Gasteiger partial charge in [-0.3, -0.25) is 14.4 Å². The van der Waals surface area contributed by atoms with Crippen LogP contribution < -0.4 is 21.7 Å². The highest BCUT2D eigenvalue weighted by Crippen LogP contribution is 2.39. The van der Waals surface area contributed by atoms with Crippen molar-refractivity contribution < 1.29 is 29.0 Å². The van der Waals surface area contributed by atoms with E-state index in [2.05, 4.69) is 16.0 Å². The zero-order valence-electron chi connectivity index (χ0n) is 28.1. The maximum absolute atomic E-state index is 12.6. The van der Waals surface area contributed by atoms with Crippen molar-refractivity contribution >= 4 is 52.2 Å². The lowest BCUT2D eigenvalue weighted by Gasteiger charge is -2.36. The van der Waals surface area contributed by atoms with E-state index in [1.54, 1.807) is 23.9 Å². The van der Waals surface area contributed by atoms with E-state index in [4.69, 9.17) is 15.2 Å². The molecule has 0 aliphatic carbocycles. The summed E-state index contributed by atoms with van der Waals surface area (Å²) in [7, 11) is 0. The molecule has 262 valence electrons. The van der Waals surface area contributed by atoms with Gasteiger partial charge in [0.05, 0.1) is 30.2 Å². The van der Waals surface area contributed by atoms with E-state index in [-0.39, 0.29) is 36.5 Å². The average Bonchev–Trinajstić information content (AvgIpc) is 3.12. The summed E-state index contributed by atoms with van der Waals surface area (Å²) < 4.78 is 12.9. The van der Waals surface area contributed by atoms with Gasteiger partial charge in [0, 0.05) is 53.8 Å². The van der Waals surface area contributed by atoms with Crippen molar-refractivity contribution in [3.8, 4) is 0 Å². The van der Waals surface area contributed by atoms with Gasteiger partial charge in [-0.1, -0.05) is 55.0 Å². The third kappa shape index (κ3) is 11.2. The Morgan fingerprint density at radius 3 is 2.04 bits per heavy atom. The van der Waals surface area contributed by atoms with E-state index < -0.39 is 6.29 Å². The van der Waals surface area contributed by atoms with Crippen LogP contribution in [0.25, 0.3) is 0 Å². The van der Waals surface area contributed by atoms with Crippen molar-refractivity contribution in [1.82, 2.24) is 0 Å². The summed E-state index contributed by atoms with van der Waals surface area (Å²) in [4.78, 5) is 37.3. The number of hydrogen-bond donors (Lipinski definition) is 5. The summed E-state index contributed by atoms with van der Waals surface area (Å²) in [5.74, 6) is 0.411. The SMILES string of the molecule is CC(=O)Nc1ccc(SC[C@@H]2C[C@H](c3ccc(CO)cc3)O[C@H](c3ccc(NC(=O)CCCCCC(=O)Nc4ccccc4N)cc3)O2)cc1. The molecule has 0 bridgehead atoms. The van der Waals surface area contributed by atoms with Crippen LogP contribution in [0, 0.1) is 0 Å². The maximum Gasteiger partial charge on any atom is 0.224 e. The minimum absolute atomic E-state index is 0.0232. The molecule has 1 saturated heterocycles. The molecule has 0 spiro atoms. The summed E-state index contributed by atoms with van der Waals surface area (Å²) in [5.41, 5.74) is 11.1. The fourth-order valence-corrected chi connectivity index (χ4v) is 6.49. The Kier molecular flexibility index (Phi) is 13.4. The molecule has 1 aliphatic heterocycles. The average molecular weight is 697 g/mol. The number of unbranched alkanes of at least 4 members (excludes halogenated alkanes) is 2. The summed E-state index contributed by atoms with van der Waals surface area (Å²) in [5, 5.41) is 18.1. The summed E-state index contributed by atoms with van der Waals surface area (Å²) in [6, 6.07) is 30.2. The molecule has 1 aliphatic rings. The van der Waals surface area contributed by atoms with Crippen molar-refractivity contribution in [2.45, 2.75) is 75.4 Å². The first-order valence-electron chi connectivity index (χ1n) is 16.8. The molecule has 4 aromatic rings. The van der Waals surface area contributed by atoms with Gasteiger partial charge in [0.1, 0.15) is 0 Å². The zero-order chi connectivity index (χ0) is 35.3. The standard InChI is InChI=1S/C39H44N4O6S/c1-26(45)41-30-19-21-33(22-20-30)50-25-32-23-36(28-13-11-27(24-44)12-14-28)49-39(48-32)29-15-17-31(18-16-29)42-37(46)9-3-2-4-10-38(47)43-35-8-6-5-7-34(35)40/h5-8,11-22,32,36,39,44H,2-4,9-10,23-25,40H2,1H3,(H,41,45)(H,42,46)(H,43,47)/t32-,36+,39+/m0/s1. The van der Waals surface area contributed by atoms with E-state index in [9.17, 15) is 19.5 Å². The molecule has 10 nitrogen and oxygen atoms in total. The van der Waals surface area contributed by atoms with Crippen molar-refractivity contribution in [2.75, 3.05) is 27.4 Å². The lowest BCUT2D eigenvalue weighted by molar-refractivity contribution is -0.245. The third-order valence-electron chi connectivity index (χ3n) is 8.23. The van der Waals surface area contributed by atoms with Gasteiger partial charge in [-0.25, -0.2) is 0 Å². The number of anilines is 4. The molecule has 1 fully saturated rings. The van der Waals surface area contributed by atoms with E-state index in [1.165, 1.54) is 6.92 Å². The molecule has 3 atom stereocenters. The van der Waals surface area contributed by atoms with Crippen LogP contribution in [0.3, 0.4) is 0 Å². The second-order valence-corrected chi connectivity index (χ2v) is 13.3. The molecular weight excluding hydrogens is 653 g/mol. The van der Waals surface area contributed by atoms with Crippen LogP contribution in [0.4, 0.5) is 22.7 Å². The Balaban J connectivity index is 1.12. The Labute approximate surface area is 297 Å². The summed E-state index contributed by atoms with van der Waals surface area (Å²) >= 11 is 1.68. The van der Waals surface area contributed by atoms with Gasteiger partial charge in [-0.05, 0) is 72.5 Å². The Morgan fingerprint density at radius 2 is 1.38 bits per heavy atom. The van der Waals surface area contributed by atoms with Crippen LogP contribution in [0.5, 0.6) is 0 Å². The predicted octanol–water partition coefficient (Wildman–Crippen LogP) is 7.58. The number of aliphatic hydroxyl groups is 1. The minimum atomic E-state index is -0.612. The van der Waals surface area contributed by atoms with Gasteiger partial charge < -0.3 is 36.3 Å². The van der Waals surface area contributed by atoms with Crippen molar-refractivity contribution in [2.24, 2.45) is 0 Å². The number of aliphatic hydroxyl groups excluding tert-OH is 1. The second kappa shape index (κ2) is 18.4. The normalized spacial score (nSPS) is 17.1. The molecule has 1 heterocycles. The first-order chi connectivity index (χ1) is 24.2. The van der Waals surface area contributed by atoms with Gasteiger partial charge in [0.25, 0.3) is 0 Å². The number of amides is 3. The number of nitrogens with one attached hydrogen (secondary N) is 3. The molecule has 5 rings (SSSR count). The molecule has 3 amide bonds. The van der Waals surface area contributed by atoms with Crippen LogP contribution in [-0.4, -0.2) is 34.7 Å². The number of carbonyl (C=O) groups is 3. The number of hydrogen-bond acceptors (Lipinski definition) is 8. The molecule has 4 aromatic carbocycles. The van der Waals surface area contributed by atoms with Crippen molar-refractivity contribution in [3.05, 3.63) is 114 Å². The zero-order valence-corrected chi connectivity index (χ0v) is 28.9. The predicted molar refractivity (Wildman–Crippen MR) is 198 cm³/mol. The Bertz CT molecular complexity index is 1720. The minimum Gasteiger partial charge on any atom is -0.397 e. The summed E-state index contributed by atoms with van der Waals surface area (Å²) in [6.45, 7) is 1.46. The first-order valence-corrected chi connectivity index (χ1v) is 17.8. The van der Waals surface area contributed by atoms with Gasteiger partial charge in [0.15, 0.2) is 6.29 Å². The molecule has 0 saturated carbocycles. The number of nitrogen functional groups attached to an aromatic ring is 1. The van der Waals surface area contributed by atoms with E-state index in [1.807, 2.05) is 84.9 Å². The van der Waals surface area contributed by atoms with Crippen LogP contribution >= 0.6 is 11.8 Å². The van der Waals surface area contributed by atoms with Gasteiger partial charge in [0.2, 0.25) is 17.7 Å². The molecule has 0 radical (unpaired) electrons. The topological polar surface area (TPSA) is 152 Å². The number of para-hydroxylation sites is 2. The third-order valence-corrected chi connectivity index (χ3v) is 9.38. The number of nitrogens with two attached hydrogens (primary N) is 1. The largest absolute Gasteiger partial charge is 0.397 e. The molecule has 6 N–H and O–H groups in total. The molecule has 11 heteroatoms. The quantitative estimate of drug-likeness (QED) is 0.0485. The number of benzene rings is 4. The highest BCUT2D eigenvalue weighted by molar-refractivity contribution is 7.99. The lowest BCUT2D eigenvalue weighted by Crippen LogP contribution is -2.31. The smallest absolute Gasteiger partial charge is 0.224 e. The van der Waals surface area contributed by atoms with Crippen LogP contribution in [-0.2, 0) is 30.5 Å². The van der Waals surface area contributed by atoms with Crippen molar-refractivity contribution in [3.63, 3.8) is 0 Å². The Hall–Kier alpha value is -4.68. The summed E-state index contributed by atoms with van der Waals surface area (Å²) in [6.07, 6.45) is 2.56. The van der Waals surface area contributed by atoms with E-state index in [0.717, 1.165) is 33.7 Å². The number of thioether (sulfide) groups is 1. The van der Waals surface area contributed by atoms with Crippen molar-refractivity contribution in [1.29, 1.82) is 0 Å². The van der Waals surface area contributed by atoms with Gasteiger partial charge >= 0.3 is 0 Å². The van der Waals surface area contributed by atoms with E-state index in [0.29, 0.717) is 54.9 Å². The maximum atomic E-state index is 12.6. The number of rotatable bonds is 15. The van der Waals surface area contributed by atoms with Gasteiger partial charge in [-0.2, -0.15) is 0 Å². The fraction of sp³-hybridized carbons (Fsp3) is 0.308. The van der Waals surface area contributed by atoms with Crippen LogP contribution in [0.2, 0.25) is 0 Å². The first kappa shape index (κ1) is 36.6. The lowest BCUT2D eigenvalue weighted by atomic mass is 10.0. The van der Waals surface area contributed by atoms with Crippen LogP contribution in [0.15, 0.2) is 102 Å². The highest BCUT2D eigenvalue weighted by atomic mass is 32.2. The Morgan fingerprint density at radius 1 is 0.760 bits per heavy atom. The fourth-order valence-electron chi connectivity index (χ4n) is 5.57. The second-order valence-electron chi connectivity index (χ2n) is 12.2. The molecular formula is C39H44N4O6S. The molecule has 50 heavy (non-hydrogen) atoms. The molecule has 0 aromatic heterocycles. The van der Waals surface area contributed by atoms with Crippen LogP contribution in [0.1, 0.15) is 74.5 Å².